The lowest BCUT2D eigenvalue weighted by atomic mass is 10.1. The Bertz CT molecular complexity index is 130. The van der Waals surface area contributed by atoms with Gasteiger partial charge in [-0.1, -0.05) is 13.3 Å². The van der Waals surface area contributed by atoms with Crippen LogP contribution in [0.15, 0.2) is 0 Å². The van der Waals surface area contributed by atoms with E-state index < -0.39 is 0 Å². The zero-order chi connectivity index (χ0) is 9.68. The molecule has 0 spiro atoms. The number of hydrogen-bond donors (Lipinski definition) is 1. The van der Waals surface area contributed by atoms with E-state index in [4.69, 9.17) is 0 Å². The second-order valence-electron chi connectivity index (χ2n) is 4.44. The normalized spacial score (nSPS) is 25.4. The van der Waals surface area contributed by atoms with Crippen LogP contribution < -0.4 is 5.32 Å². The molecule has 1 N–H and O–H groups in total. The molecule has 0 radical (unpaired) electrons. The van der Waals surface area contributed by atoms with E-state index in [9.17, 15) is 0 Å². The summed E-state index contributed by atoms with van der Waals surface area (Å²) in [6, 6.07) is 0.755. The molecular formula is C11H24N2. The Balaban J connectivity index is 2.18. The maximum atomic E-state index is 3.42. The highest BCUT2D eigenvalue weighted by Gasteiger charge is 2.18. The van der Waals surface area contributed by atoms with Crippen molar-refractivity contribution in [3.05, 3.63) is 0 Å². The summed E-state index contributed by atoms with van der Waals surface area (Å²) in [5.74, 6) is 0.893. The molecule has 1 aliphatic heterocycles. The van der Waals surface area contributed by atoms with Crippen LogP contribution in [0, 0.1) is 5.92 Å². The van der Waals surface area contributed by atoms with E-state index in [0.29, 0.717) is 0 Å². The van der Waals surface area contributed by atoms with Crippen LogP contribution in [0.5, 0.6) is 0 Å². The van der Waals surface area contributed by atoms with Crippen molar-refractivity contribution in [2.75, 3.05) is 26.7 Å². The Morgan fingerprint density at radius 3 is 2.85 bits per heavy atom. The third kappa shape index (κ3) is 3.65. The first-order chi connectivity index (χ1) is 6.24. The maximum absolute atomic E-state index is 3.42. The van der Waals surface area contributed by atoms with Crippen LogP contribution in [-0.4, -0.2) is 37.6 Å². The molecule has 0 aromatic rings. The molecule has 1 aliphatic rings. The fourth-order valence-electron chi connectivity index (χ4n) is 2.10. The Labute approximate surface area is 82.7 Å². The minimum absolute atomic E-state index is 0.755. The van der Waals surface area contributed by atoms with Gasteiger partial charge in [-0.2, -0.15) is 0 Å². The predicted molar refractivity (Wildman–Crippen MR) is 58.0 cm³/mol. The number of nitrogens with one attached hydrogen (secondary N) is 1. The smallest absolute Gasteiger partial charge is 0.00639 e. The molecular weight excluding hydrogens is 160 g/mol. The van der Waals surface area contributed by atoms with Crippen LogP contribution in [-0.2, 0) is 0 Å². The van der Waals surface area contributed by atoms with Gasteiger partial charge in [-0.25, -0.2) is 0 Å². The third-order valence-electron chi connectivity index (χ3n) is 3.17. The maximum Gasteiger partial charge on any atom is 0.00639 e. The Morgan fingerprint density at radius 2 is 2.31 bits per heavy atom. The van der Waals surface area contributed by atoms with Crippen molar-refractivity contribution in [3.63, 3.8) is 0 Å². The molecule has 78 valence electrons. The van der Waals surface area contributed by atoms with Gasteiger partial charge >= 0.3 is 0 Å². The van der Waals surface area contributed by atoms with Gasteiger partial charge in [0.15, 0.2) is 0 Å². The Hall–Kier alpha value is -0.0800. The molecule has 0 saturated carbocycles. The first-order valence-corrected chi connectivity index (χ1v) is 5.65. The Morgan fingerprint density at radius 1 is 1.54 bits per heavy atom. The van der Waals surface area contributed by atoms with Crippen molar-refractivity contribution >= 4 is 0 Å². The van der Waals surface area contributed by atoms with Crippen molar-refractivity contribution in [1.29, 1.82) is 0 Å². The summed E-state index contributed by atoms with van der Waals surface area (Å²) >= 11 is 0. The van der Waals surface area contributed by atoms with E-state index in [1.165, 1.54) is 38.9 Å². The van der Waals surface area contributed by atoms with Gasteiger partial charge in [0, 0.05) is 12.6 Å². The second kappa shape index (κ2) is 5.61. The molecule has 2 atom stereocenters. The van der Waals surface area contributed by atoms with Crippen LogP contribution in [0.2, 0.25) is 0 Å². The average molecular weight is 184 g/mol. The molecule has 1 saturated heterocycles. The van der Waals surface area contributed by atoms with Gasteiger partial charge in [0.05, 0.1) is 0 Å². The molecule has 1 heterocycles. The quantitative estimate of drug-likeness (QED) is 0.700. The van der Waals surface area contributed by atoms with Gasteiger partial charge in [0.2, 0.25) is 0 Å². The standard InChI is InChI=1S/C11H24N2/c1-4-5-10(2)13(3)9-11-6-7-12-8-11/h10-12H,4-9H2,1-3H3. The SMILES string of the molecule is CCCC(C)N(C)CC1CCNC1. The highest BCUT2D eigenvalue weighted by molar-refractivity contribution is 4.75. The van der Waals surface area contributed by atoms with Gasteiger partial charge < -0.3 is 10.2 Å². The molecule has 0 aromatic carbocycles. The third-order valence-corrected chi connectivity index (χ3v) is 3.17. The van der Waals surface area contributed by atoms with Crippen LogP contribution in [0.3, 0.4) is 0 Å². The van der Waals surface area contributed by atoms with Gasteiger partial charge in [-0.05, 0) is 45.8 Å². The number of nitrogens with zero attached hydrogens (tertiary/aromatic N) is 1. The van der Waals surface area contributed by atoms with Gasteiger partial charge in [0.1, 0.15) is 0 Å². The largest absolute Gasteiger partial charge is 0.316 e. The van der Waals surface area contributed by atoms with Crippen molar-refractivity contribution in [2.24, 2.45) is 5.92 Å². The lowest BCUT2D eigenvalue weighted by Crippen LogP contribution is -2.34. The van der Waals surface area contributed by atoms with Crippen molar-refractivity contribution in [2.45, 2.75) is 39.2 Å². The zero-order valence-electron chi connectivity index (χ0n) is 9.34. The molecule has 0 bridgehead atoms. The summed E-state index contributed by atoms with van der Waals surface area (Å²) in [5, 5.41) is 3.42. The molecule has 13 heavy (non-hydrogen) atoms. The van der Waals surface area contributed by atoms with Crippen molar-refractivity contribution in [3.8, 4) is 0 Å². The molecule has 2 nitrogen and oxygen atoms in total. The molecule has 0 aromatic heterocycles. The number of rotatable bonds is 5. The van der Waals surface area contributed by atoms with Gasteiger partial charge in [0.25, 0.3) is 0 Å². The monoisotopic (exact) mass is 184 g/mol. The van der Waals surface area contributed by atoms with E-state index >= 15 is 0 Å². The van der Waals surface area contributed by atoms with Crippen LogP contribution in [0.1, 0.15) is 33.1 Å². The van der Waals surface area contributed by atoms with Crippen LogP contribution in [0.4, 0.5) is 0 Å². The summed E-state index contributed by atoms with van der Waals surface area (Å²) < 4.78 is 0. The minimum Gasteiger partial charge on any atom is -0.316 e. The molecule has 1 fully saturated rings. The summed E-state index contributed by atoms with van der Waals surface area (Å²) in [6.07, 6.45) is 3.99. The van der Waals surface area contributed by atoms with Gasteiger partial charge in [-0.15, -0.1) is 0 Å². The summed E-state index contributed by atoms with van der Waals surface area (Å²) in [6.45, 7) is 8.32. The predicted octanol–water partition coefficient (Wildman–Crippen LogP) is 1.72. The van der Waals surface area contributed by atoms with E-state index in [1.807, 2.05) is 0 Å². The van der Waals surface area contributed by atoms with Crippen LogP contribution >= 0.6 is 0 Å². The Kier molecular flexibility index (Phi) is 4.74. The van der Waals surface area contributed by atoms with E-state index in [2.05, 4.69) is 31.1 Å². The van der Waals surface area contributed by atoms with Crippen molar-refractivity contribution < 1.29 is 0 Å². The fraction of sp³-hybridized carbons (Fsp3) is 1.00. The first kappa shape index (κ1) is 11.0. The minimum atomic E-state index is 0.755. The topological polar surface area (TPSA) is 15.3 Å². The molecule has 1 rings (SSSR count). The van der Waals surface area contributed by atoms with E-state index in [0.717, 1.165) is 12.0 Å². The first-order valence-electron chi connectivity index (χ1n) is 5.65. The van der Waals surface area contributed by atoms with Crippen LogP contribution in [0.25, 0.3) is 0 Å². The average Bonchev–Trinajstić information content (AvgIpc) is 2.57. The summed E-state index contributed by atoms with van der Waals surface area (Å²) in [5.41, 5.74) is 0. The number of hydrogen-bond acceptors (Lipinski definition) is 2. The van der Waals surface area contributed by atoms with Gasteiger partial charge in [-0.3, -0.25) is 0 Å². The molecule has 2 unspecified atom stereocenters. The molecule has 2 heteroatoms. The lowest BCUT2D eigenvalue weighted by Gasteiger charge is -2.26. The zero-order valence-corrected chi connectivity index (χ0v) is 9.34. The highest BCUT2D eigenvalue weighted by Crippen LogP contribution is 2.12. The van der Waals surface area contributed by atoms with Crippen molar-refractivity contribution in [1.82, 2.24) is 10.2 Å². The fourth-order valence-corrected chi connectivity index (χ4v) is 2.10. The summed E-state index contributed by atoms with van der Waals surface area (Å²) in [7, 11) is 2.26. The second-order valence-corrected chi connectivity index (χ2v) is 4.44. The summed E-state index contributed by atoms with van der Waals surface area (Å²) in [4.78, 5) is 2.52. The highest BCUT2D eigenvalue weighted by atomic mass is 15.1. The lowest BCUT2D eigenvalue weighted by molar-refractivity contribution is 0.214. The van der Waals surface area contributed by atoms with E-state index in [1.54, 1.807) is 0 Å². The molecule has 0 aliphatic carbocycles. The van der Waals surface area contributed by atoms with E-state index in [-0.39, 0.29) is 0 Å². The molecule has 0 amide bonds.